The quantitative estimate of drug-likeness (QED) is 0.875. The first-order valence-electron chi connectivity index (χ1n) is 5.24. The molecule has 5 nitrogen and oxygen atoms in total. The molecule has 1 aromatic heterocycles. The van der Waals surface area contributed by atoms with Crippen LogP contribution < -0.4 is 15.0 Å². The second kappa shape index (κ2) is 5.16. The molecule has 0 spiro atoms. The average Bonchev–Trinajstić information content (AvgIpc) is 2.33. The minimum Gasteiger partial charge on any atom is -0.494 e. The van der Waals surface area contributed by atoms with E-state index in [0.717, 1.165) is 0 Å². The minimum absolute atomic E-state index is 0.0150. The van der Waals surface area contributed by atoms with E-state index in [9.17, 15) is 4.79 Å². The maximum atomic E-state index is 11.4. The predicted molar refractivity (Wildman–Crippen MR) is 62.5 cm³/mol. The number of benzene rings is 1. The average molecular weight is 232 g/mol. The van der Waals surface area contributed by atoms with Crippen molar-refractivity contribution < 1.29 is 9.47 Å². The molecule has 0 fully saturated rings. The van der Waals surface area contributed by atoms with Gasteiger partial charge >= 0.3 is 5.56 Å². The Bertz CT molecular complexity index is 551. The molecule has 0 aliphatic heterocycles. The van der Waals surface area contributed by atoms with E-state index >= 15 is 0 Å². The molecule has 0 radical (unpaired) electrons. The Morgan fingerprint density at radius 2 is 2.18 bits per heavy atom. The van der Waals surface area contributed by atoms with Crippen LogP contribution in [0.4, 0.5) is 0 Å². The van der Waals surface area contributed by atoms with Crippen LogP contribution in [-0.4, -0.2) is 16.6 Å². The van der Waals surface area contributed by atoms with Crippen LogP contribution in [0.3, 0.4) is 0 Å². The van der Waals surface area contributed by atoms with Gasteiger partial charge in [-0.15, -0.1) is 0 Å². The summed E-state index contributed by atoms with van der Waals surface area (Å²) in [5.74, 6) is 1.22. The second-order valence-corrected chi connectivity index (χ2v) is 3.23. The molecule has 0 saturated heterocycles. The number of aromatic amines is 1. The number of ether oxygens (including phenoxy) is 2. The lowest BCUT2D eigenvalue weighted by atomic mass is 10.3. The first kappa shape index (κ1) is 11.2. The fourth-order valence-electron chi connectivity index (χ4n) is 1.32. The lowest BCUT2D eigenvalue weighted by Gasteiger charge is -2.06. The van der Waals surface area contributed by atoms with Crippen molar-refractivity contribution in [1.82, 2.24) is 9.97 Å². The Balaban J connectivity index is 2.21. The van der Waals surface area contributed by atoms with E-state index in [2.05, 4.69) is 9.97 Å². The molecule has 0 bridgehead atoms. The Kier molecular flexibility index (Phi) is 3.40. The summed E-state index contributed by atoms with van der Waals surface area (Å²) < 4.78 is 10.7. The van der Waals surface area contributed by atoms with Gasteiger partial charge in [0.15, 0.2) is 0 Å². The number of aromatic nitrogens is 2. The van der Waals surface area contributed by atoms with E-state index in [-0.39, 0.29) is 11.4 Å². The molecule has 1 aromatic carbocycles. The molecule has 0 aliphatic rings. The standard InChI is InChI=1S/C12H12N2O3/c1-2-16-9-4-3-5-10(8-9)17-12-11(15)13-6-7-14-12/h3-8H,2H2,1H3,(H,13,15). The lowest BCUT2D eigenvalue weighted by Crippen LogP contribution is -2.09. The van der Waals surface area contributed by atoms with Crippen LogP contribution in [0.5, 0.6) is 17.4 Å². The number of H-pyrrole nitrogens is 1. The van der Waals surface area contributed by atoms with Crippen molar-refractivity contribution >= 4 is 0 Å². The van der Waals surface area contributed by atoms with E-state index < -0.39 is 0 Å². The monoisotopic (exact) mass is 232 g/mol. The third-order valence-electron chi connectivity index (χ3n) is 2.01. The molecule has 0 unspecified atom stereocenters. The van der Waals surface area contributed by atoms with Gasteiger partial charge in [-0.2, -0.15) is 0 Å². The van der Waals surface area contributed by atoms with Crippen molar-refractivity contribution in [3.05, 3.63) is 47.0 Å². The fourth-order valence-corrected chi connectivity index (χ4v) is 1.32. The van der Waals surface area contributed by atoms with Crippen LogP contribution in [0.1, 0.15) is 6.92 Å². The minimum atomic E-state index is -0.366. The Labute approximate surface area is 98.0 Å². The van der Waals surface area contributed by atoms with Gasteiger partial charge in [0.05, 0.1) is 6.61 Å². The largest absolute Gasteiger partial charge is 0.494 e. The zero-order chi connectivity index (χ0) is 12.1. The number of hydrogen-bond acceptors (Lipinski definition) is 4. The van der Waals surface area contributed by atoms with Crippen molar-refractivity contribution in [3.63, 3.8) is 0 Å². The Morgan fingerprint density at radius 3 is 2.94 bits per heavy atom. The number of nitrogens with one attached hydrogen (secondary N) is 1. The summed E-state index contributed by atoms with van der Waals surface area (Å²) in [5, 5.41) is 0. The summed E-state index contributed by atoms with van der Waals surface area (Å²) in [6.45, 7) is 2.48. The zero-order valence-corrected chi connectivity index (χ0v) is 9.34. The zero-order valence-electron chi connectivity index (χ0n) is 9.34. The van der Waals surface area contributed by atoms with Gasteiger partial charge in [-0.25, -0.2) is 4.98 Å². The van der Waals surface area contributed by atoms with E-state index in [0.29, 0.717) is 18.1 Å². The molecule has 1 N–H and O–H groups in total. The van der Waals surface area contributed by atoms with Gasteiger partial charge in [0.25, 0.3) is 5.88 Å². The first-order chi connectivity index (χ1) is 8.29. The summed E-state index contributed by atoms with van der Waals surface area (Å²) >= 11 is 0. The number of hydrogen-bond donors (Lipinski definition) is 1. The highest BCUT2D eigenvalue weighted by Gasteiger charge is 2.03. The van der Waals surface area contributed by atoms with E-state index in [1.807, 2.05) is 13.0 Å². The third-order valence-corrected chi connectivity index (χ3v) is 2.01. The molecule has 88 valence electrons. The van der Waals surface area contributed by atoms with E-state index in [1.165, 1.54) is 12.4 Å². The van der Waals surface area contributed by atoms with Gasteiger partial charge in [0.2, 0.25) is 0 Å². The maximum absolute atomic E-state index is 11.4. The van der Waals surface area contributed by atoms with Gasteiger partial charge in [-0.3, -0.25) is 4.79 Å². The van der Waals surface area contributed by atoms with E-state index in [4.69, 9.17) is 9.47 Å². The predicted octanol–water partition coefficient (Wildman–Crippen LogP) is 1.96. The fraction of sp³-hybridized carbons (Fsp3) is 0.167. The highest BCUT2D eigenvalue weighted by Crippen LogP contribution is 2.22. The molecule has 2 rings (SSSR count). The topological polar surface area (TPSA) is 64.2 Å². The van der Waals surface area contributed by atoms with Gasteiger partial charge in [0.1, 0.15) is 11.5 Å². The van der Waals surface area contributed by atoms with Crippen molar-refractivity contribution in [2.75, 3.05) is 6.61 Å². The van der Waals surface area contributed by atoms with Crippen molar-refractivity contribution in [1.29, 1.82) is 0 Å². The Hall–Kier alpha value is -2.30. The van der Waals surface area contributed by atoms with Crippen LogP contribution in [-0.2, 0) is 0 Å². The molecule has 0 atom stereocenters. The maximum Gasteiger partial charge on any atom is 0.311 e. The normalized spacial score (nSPS) is 9.94. The molecule has 0 aliphatic carbocycles. The summed E-state index contributed by atoms with van der Waals surface area (Å²) in [4.78, 5) is 17.7. The van der Waals surface area contributed by atoms with Crippen LogP contribution >= 0.6 is 0 Å². The van der Waals surface area contributed by atoms with Crippen molar-refractivity contribution in [2.45, 2.75) is 6.92 Å². The smallest absolute Gasteiger partial charge is 0.311 e. The molecule has 0 amide bonds. The molecule has 17 heavy (non-hydrogen) atoms. The van der Waals surface area contributed by atoms with E-state index in [1.54, 1.807) is 18.2 Å². The highest BCUT2D eigenvalue weighted by molar-refractivity contribution is 5.34. The van der Waals surface area contributed by atoms with Gasteiger partial charge in [0, 0.05) is 18.5 Å². The highest BCUT2D eigenvalue weighted by atomic mass is 16.5. The number of nitrogens with zero attached hydrogens (tertiary/aromatic N) is 1. The third kappa shape index (κ3) is 2.84. The molecular formula is C12H12N2O3. The number of rotatable bonds is 4. The first-order valence-corrected chi connectivity index (χ1v) is 5.24. The van der Waals surface area contributed by atoms with Gasteiger partial charge < -0.3 is 14.5 Å². The summed E-state index contributed by atoms with van der Waals surface area (Å²) in [6.07, 6.45) is 2.91. The van der Waals surface area contributed by atoms with Crippen molar-refractivity contribution in [2.24, 2.45) is 0 Å². The SMILES string of the molecule is CCOc1cccc(Oc2ncc[nH]c2=O)c1. The summed E-state index contributed by atoms with van der Waals surface area (Å²) in [7, 11) is 0. The molecule has 1 heterocycles. The molecule has 5 heteroatoms. The summed E-state index contributed by atoms with van der Waals surface area (Å²) in [5.41, 5.74) is -0.366. The lowest BCUT2D eigenvalue weighted by molar-refractivity contribution is 0.337. The van der Waals surface area contributed by atoms with Crippen LogP contribution in [0.2, 0.25) is 0 Å². The second-order valence-electron chi connectivity index (χ2n) is 3.23. The molecule has 0 saturated carbocycles. The molecule has 2 aromatic rings. The summed E-state index contributed by atoms with van der Waals surface area (Å²) in [6, 6.07) is 7.05. The Morgan fingerprint density at radius 1 is 1.35 bits per heavy atom. The van der Waals surface area contributed by atoms with Crippen LogP contribution in [0.25, 0.3) is 0 Å². The van der Waals surface area contributed by atoms with Gasteiger partial charge in [-0.05, 0) is 19.1 Å². The molecular weight excluding hydrogens is 220 g/mol. The van der Waals surface area contributed by atoms with Gasteiger partial charge in [-0.1, -0.05) is 6.07 Å². The van der Waals surface area contributed by atoms with Crippen LogP contribution in [0, 0.1) is 0 Å². The van der Waals surface area contributed by atoms with Crippen LogP contribution in [0.15, 0.2) is 41.5 Å². The van der Waals surface area contributed by atoms with Crippen molar-refractivity contribution in [3.8, 4) is 17.4 Å².